The lowest BCUT2D eigenvalue weighted by Gasteiger charge is -2.21. The molecule has 9 nitrogen and oxygen atoms in total. The first-order valence-electron chi connectivity index (χ1n) is 11.5. The summed E-state index contributed by atoms with van der Waals surface area (Å²) >= 11 is 0. The number of nitrogens with one attached hydrogen (secondary N) is 2. The SMILES string of the molecule is CCC[C@H](NC(=O)OCC1c2ccccc2-c2ccccc21)C(=O)NC(C(=O)O)c1cnn(C)c1. The van der Waals surface area contributed by atoms with Crippen LogP contribution in [0.2, 0.25) is 0 Å². The number of aliphatic carboxylic acids is 1. The molecular formula is C26H28N4O5. The molecule has 2 aromatic carbocycles. The van der Waals surface area contributed by atoms with Gasteiger partial charge in [-0.05, 0) is 28.7 Å². The van der Waals surface area contributed by atoms with Crippen molar-refractivity contribution in [1.82, 2.24) is 20.4 Å². The third kappa shape index (κ3) is 5.18. The molecule has 1 aliphatic carbocycles. The Morgan fingerprint density at radius 2 is 1.69 bits per heavy atom. The van der Waals surface area contributed by atoms with Crippen LogP contribution >= 0.6 is 0 Å². The summed E-state index contributed by atoms with van der Waals surface area (Å²) in [5.74, 6) is -1.92. The maximum atomic E-state index is 12.9. The molecular weight excluding hydrogens is 448 g/mol. The predicted molar refractivity (Wildman–Crippen MR) is 129 cm³/mol. The second-order valence-electron chi connectivity index (χ2n) is 8.54. The number of aryl methyl sites for hydroxylation is 1. The lowest BCUT2D eigenvalue weighted by Crippen LogP contribution is -2.49. The first-order chi connectivity index (χ1) is 16.9. The van der Waals surface area contributed by atoms with Gasteiger partial charge in [-0.15, -0.1) is 0 Å². The number of amides is 2. The maximum Gasteiger partial charge on any atom is 0.407 e. The zero-order valence-electron chi connectivity index (χ0n) is 19.6. The van der Waals surface area contributed by atoms with Gasteiger partial charge in [-0.2, -0.15) is 5.10 Å². The van der Waals surface area contributed by atoms with Gasteiger partial charge in [0.2, 0.25) is 5.91 Å². The van der Waals surface area contributed by atoms with Crippen LogP contribution in [-0.2, 0) is 21.4 Å². The summed E-state index contributed by atoms with van der Waals surface area (Å²) in [5, 5.41) is 18.6. The summed E-state index contributed by atoms with van der Waals surface area (Å²) in [7, 11) is 1.66. The van der Waals surface area contributed by atoms with E-state index in [-0.39, 0.29) is 12.5 Å². The lowest BCUT2D eigenvalue weighted by atomic mass is 9.98. The summed E-state index contributed by atoms with van der Waals surface area (Å²) < 4.78 is 7.00. The predicted octanol–water partition coefficient (Wildman–Crippen LogP) is 3.37. The lowest BCUT2D eigenvalue weighted by molar-refractivity contribution is -0.142. The number of hydrogen-bond donors (Lipinski definition) is 3. The fourth-order valence-electron chi connectivity index (χ4n) is 4.46. The van der Waals surface area contributed by atoms with E-state index in [1.807, 2.05) is 43.3 Å². The highest BCUT2D eigenvalue weighted by molar-refractivity contribution is 5.89. The van der Waals surface area contributed by atoms with Gasteiger partial charge < -0.3 is 20.5 Å². The highest BCUT2D eigenvalue weighted by Crippen LogP contribution is 2.44. The molecule has 182 valence electrons. The molecule has 1 unspecified atom stereocenters. The minimum atomic E-state index is -1.28. The number of aromatic nitrogens is 2. The Morgan fingerprint density at radius 3 is 2.23 bits per heavy atom. The van der Waals surface area contributed by atoms with E-state index in [1.54, 1.807) is 7.05 Å². The third-order valence-corrected chi connectivity index (χ3v) is 6.12. The van der Waals surface area contributed by atoms with Gasteiger partial charge in [-0.25, -0.2) is 9.59 Å². The largest absolute Gasteiger partial charge is 0.479 e. The van der Waals surface area contributed by atoms with Crippen molar-refractivity contribution >= 4 is 18.0 Å². The monoisotopic (exact) mass is 476 g/mol. The first-order valence-corrected chi connectivity index (χ1v) is 11.5. The Hall–Kier alpha value is -4.14. The van der Waals surface area contributed by atoms with Gasteiger partial charge in [-0.1, -0.05) is 61.9 Å². The maximum absolute atomic E-state index is 12.9. The highest BCUT2D eigenvalue weighted by atomic mass is 16.5. The highest BCUT2D eigenvalue weighted by Gasteiger charge is 2.31. The molecule has 1 heterocycles. The number of carbonyl (C=O) groups is 3. The van der Waals surface area contributed by atoms with Gasteiger partial charge in [-0.3, -0.25) is 9.48 Å². The van der Waals surface area contributed by atoms with E-state index < -0.39 is 30.1 Å². The quantitative estimate of drug-likeness (QED) is 0.435. The van der Waals surface area contributed by atoms with Crippen molar-refractivity contribution in [3.05, 3.63) is 77.6 Å². The minimum Gasteiger partial charge on any atom is -0.479 e. The van der Waals surface area contributed by atoms with Crippen LogP contribution < -0.4 is 10.6 Å². The molecule has 2 atom stereocenters. The van der Waals surface area contributed by atoms with E-state index in [2.05, 4.69) is 27.9 Å². The van der Waals surface area contributed by atoms with Crippen molar-refractivity contribution in [2.45, 2.75) is 37.8 Å². The molecule has 0 saturated heterocycles. The standard InChI is InChI=1S/C26H28N4O5/c1-3-8-22(24(31)29-23(25(32)33)16-13-27-30(2)14-16)28-26(34)35-15-21-19-11-6-4-9-17(19)18-10-5-7-12-20(18)21/h4-7,9-14,21-23H,3,8,15H2,1-2H3,(H,28,34)(H,29,31)(H,32,33)/t22-,23?/m0/s1. The van der Waals surface area contributed by atoms with E-state index in [9.17, 15) is 19.5 Å². The Morgan fingerprint density at radius 1 is 1.06 bits per heavy atom. The number of carboxylic acids is 1. The van der Waals surface area contributed by atoms with E-state index in [4.69, 9.17) is 4.74 Å². The normalized spacial score (nSPS) is 13.9. The van der Waals surface area contributed by atoms with Crippen molar-refractivity contribution in [3.63, 3.8) is 0 Å². The smallest absolute Gasteiger partial charge is 0.407 e. The fraction of sp³-hybridized carbons (Fsp3) is 0.308. The summed E-state index contributed by atoms with van der Waals surface area (Å²) in [6.45, 7) is 1.99. The Kier molecular flexibility index (Phi) is 7.14. The minimum absolute atomic E-state index is 0.103. The van der Waals surface area contributed by atoms with Crippen molar-refractivity contribution < 1.29 is 24.2 Å². The topological polar surface area (TPSA) is 123 Å². The molecule has 1 aliphatic rings. The molecule has 0 aliphatic heterocycles. The zero-order valence-corrected chi connectivity index (χ0v) is 19.6. The van der Waals surface area contributed by atoms with Crippen LogP contribution in [0.4, 0.5) is 4.79 Å². The molecule has 0 saturated carbocycles. The summed E-state index contributed by atoms with van der Waals surface area (Å²) in [4.78, 5) is 37.3. The van der Waals surface area contributed by atoms with Crippen molar-refractivity contribution in [3.8, 4) is 11.1 Å². The Bertz CT molecular complexity index is 1190. The molecule has 3 N–H and O–H groups in total. The second kappa shape index (κ2) is 10.4. The molecule has 9 heteroatoms. The van der Waals surface area contributed by atoms with Crippen LogP contribution in [0, 0.1) is 0 Å². The third-order valence-electron chi connectivity index (χ3n) is 6.12. The van der Waals surface area contributed by atoms with E-state index in [0.717, 1.165) is 22.3 Å². The summed E-state index contributed by atoms with van der Waals surface area (Å²) in [6.07, 6.45) is 3.11. The molecule has 0 fully saturated rings. The average molecular weight is 477 g/mol. The van der Waals surface area contributed by atoms with Crippen LogP contribution in [0.5, 0.6) is 0 Å². The van der Waals surface area contributed by atoms with Crippen LogP contribution in [-0.4, -0.2) is 45.5 Å². The van der Waals surface area contributed by atoms with Gasteiger partial charge >= 0.3 is 12.1 Å². The molecule has 2 amide bonds. The Labute approximate surface area is 203 Å². The van der Waals surface area contributed by atoms with Gasteiger partial charge in [0, 0.05) is 24.7 Å². The zero-order chi connectivity index (χ0) is 24.9. The number of ether oxygens (including phenoxy) is 1. The summed E-state index contributed by atoms with van der Waals surface area (Å²) in [5.41, 5.74) is 4.76. The van der Waals surface area contributed by atoms with Crippen LogP contribution in [0.25, 0.3) is 11.1 Å². The molecule has 0 radical (unpaired) electrons. The van der Waals surface area contributed by atoms with Crippen LogP contribution in [0.1, 0.15) is 48.4 Å². The van der Waals surface area contributed by atoms with Gasteiger partial charge in [0.25, 0.3) is 0 Å². The molecule has 1 aromatic heterocycles. The molecule has 35 heavy (non-hydrogen) atoms. The van der Waals surface area contributed by atoms with Crippen LogP contribution in [0.15, 0.2) is 60.9 Å². The van der Waals surface area contributed by atoms with E-state index in [0.29, 0.717) is 18.4 Å². The number of carbonyl (C=O) groups excluding carboxylic acids is 2. The first kappa shape index (κ1) is 24.0. The van der Waals surface area contributed by atoms with Gasteiger partial charge in [0.05, 0.1) is 6.20 Å². The Balaban J connectivity index is 1.41. The van der Waals surface area contributed by atoms with Crippen molar-refractivity contribution in [2.24, 2.45) is 7.05 Å². The average Bonchev–Trinajstić information content (AvgIpc) is 3.41. The number of rotatable bonds is 9. The molecule has 4 rings (SSSR count). The van der Waals surface area contributed by atoms with Gasteiger partial charge in [0.1, 0.15) is 12.6 Å². The molecule has 0 bridgehead atoms. The van der Waals surface area contributed by atoms with Crippen LogP contribution in [0.3, 0.4) is 0 Å². The number of hydrogen-bond acceptors (Lipinski definition) is 5. The van der Waals surface area contributed by atoms with E-state index >= 15 is 0 Å². The summed E-state index contributed by atoms with van der Waals surface area (Å²) in [6, 6.07) is 13.8. The number of benzene rings is 2. The molecule has 0 spiro atoms. The molecule has 3 aromatic rings. The van der Waals surface area contributed by atoms with E-state index in [1.165, 1.54) is 17.1 Å². The van der Waals surface area contributed by atoms with Crippen molar-refractivity contribution in [1.29, 1.82) is 0 Å². The number of alkyl carbamates (subject to hydrolysis) is 1. The van der Waals surface area contributed by atoms with Gasteiger partial charge in [0.15, 0.2) is 6.04 Å². The number of carboxylic acid groups (broad SMARTS) is 1. The number of fused-ring (bicyclic) bond motifs is 3. The number of nitrogens with zero attached hydrogens (tertiary/aromatic N) is 2. The van der Waals surface area contributed by atoms with Crippen molar-refractivity contribution in [2.75, 3.05) is 6.61 Å². The fourth-order valence-corrected chi connectivity index (χ4v) is 4.46. The second-order valence-corrected chi connectivity index (χ2v) is 8.54.